The number of ether oxygens (including phenoxy) is 1. The lowest BCUT2D eigenvalue weighted by Gasteiger charge is -2.29. The molecule has 1 saturated heterocycles. The average molecular weight is 727 g/mol. The van der Waals surface area contributed by atoms with Crippen LogP contribution >= 0.6 is 0 Å². The summed E-state index contributed by atoms with van der Waals surface area (Å²) in [7, 11) is 0. The normalized spacial score (nSPS) is 15.4. The predicted octanol–water partition coefficient (Wildman–Crippen LogP) is 6.44. The Morgan fingerprint density at radius 3 is 2.61 bits per heavy atom. The number of imidazole rings is 1. The number of fused-ring (bicyclic) bond motifs is 2. The molecule has 2 aliphatic heterocycles. The van der Waals surface area contributed by atoms with Crippen LogP contribution in [0.5, 0.6) is 5.75 Å². The summed E-state index contributed by atoms with van der Waals surface area (Å²) in [5.41, 5.74) is 6.33. The number of carbonyl (C=O) groups excluding carboxylic acids is 4. The summed E-state index contributed by atoms with van der Waals surface area (Å²) in [6, 6.07) is 19.7. The molecule has 1 unspecified atom stereocenters. The van der Waals surface area contributed by atoms with Crippen LogP contribution in [-0.4, -0.2) is 61.0 Å². The molecule has 54 heavy (non-hydrogen) atoms. The number of unbranched alkanes of at least 4 members (excludes halogenated alkanes) is 3. The van der Waals surface area contributed by atoms with Crippen molar-refractivity contribution in [3.63, 3.8) is 0 Å². The molecule has 13 nitrogen and oxygen atoms in total. The second-order valence-electron chi connectivity index (χ2n) is 14.5. The topological polar surface area (TPSA) is 163 Å². The zero-order chi connectivity index (χ0) is 37.8. The van der Waals surface area contributed by atoms with Gasteiger partial charge in [-0.25, -0.2) is 9.78 Å². The maximum atomic E-state index is 13.1. The molecule has 4 N–H and O–H groups in total. The molecule has 0 aliphatic carbocycles. The fourth-order valence-corrected chi connectivity index (χ4v) is 6.58. The van der Waals surface area contributed by atoms with E-state index in [9.17, 15) is 19.2 Å². The molecule has 0 radical (unpaired) electrons. The summed E-state index contributed by atoms with van der Waals surface area (Å²) < 4.78 is 8.01. The third-order valence-corrected chi connectivity index (χ3v) is 9.57. The second-order valence-corrected chi connectivity index (χ2v) is 14.5. The molecule has 5 amide bonds. The van der Waals surface area contributed by atoms with Gasteiger partial charge in [0.1, 0.15) is 18.1 Å². The van der Waals surface area contributed by atoms with Gasteiger partial charge in [-0.05, 0) is 79.8 Å². The zero-order valence-corrected chi connectivity index (χ0v) is 30.5. The van der Waals surface area contributed by atoms with E-state index in [1.807, 2.05) is 65.2 Å². The number of nitrogens with one attached hydrogen (secondary N) is 4. The van der Waals surface area contributed by atoms with E-state index in [2.05, 4.69) is 63.7 Å². The first-order chi connectivity index (χ1) is 26.0. The number of carbonyl (C=O) groups is 4. The molecule has 1 atom stereocenters. The molecule has 3 aromatic carbocycles. The number of hydrogen-bond acceptors (Lipinski definition) is 7. The number of H-pyrrole nitrogens is 1. The minimum absolute atomic E-state index is 0.101. The Balaban J connectivity index is 0.852. The van der Waals surface area contributed by atoms with Gasteiger partial charge < -0.3 is 15.0 Å². The van der Waals surface area contributed by atoms with Crippen molar-refractivity contribution in [3.05, 3.63) is 95.4 Å². The number of anilines is 2. The van der Waals surface area contributed by atoms with E-state index in [4.69, 9.17) is 4.74 Å². The maximum Gasteiger partial charge on any atom is 0.324 e. The van der Waals surface area contributed by atoms with Crippen molar-refractivity contribution in [1.82, 2.24) is 30.0 Å². The van der Waals surface area contributed by atoms with Crippen LogP contribution < -0.4 is 20.7 Å². The molecule has 13 heteroatoms. The molecule has 0 bridgehead atoms. The van der Waals surface area contributed by atoms with Crippen molar-refractivity contribution in [2.45, 2.75) is 77.3 Å². The largest absolute Gasteiger partial charge is 0.494 e. The van der Waals surface area contributed by atoms with Crippen molar-refractivity contribution in [3.8, 4) is 23.3 Å². The van der Waals surface area contributed by atoms with Crippen molar-refractivity contribution < 1.29 is 23.9 Å². The van der Waals surface area contributed by atoms with Crippen LogP contribution in [-0.2, 0) is 21.5 Å². The summed E-state index contributed by atoms with van der Waals surface area (Å²) in [5, 5.41) is 15.1. The standard InChI is InChI=1S/C41H42N8O5/c1-41(2,3)35-23-36(47-46-35)44-40(53)43-27-13-15-28(16-14-27)49-25-42-32-22-29(17-18-33(32)49)54-21-8-6-4-5-7-10-26-11-9-12-30-31(26)24-48(39(30)52)34-19-20-37(50)45-38(34)51/h9,11-18,22-23,25,34H,4-6,8,19-21,24H2,1-3H3,(H,45,50,51)(H3,43,44,46,47,53). The molecule has 1 fully saturated rings. The number of piperidine rings is 1. The maximum absolute atomic E-state index is 13.1. The molecule has 2 aromatic heterocycles. The van der Waals surface area contributed by atoms with Gasteiger partial charge in [0.15, 0.2) is 5.82 Å². The highest BCUT2D eigenvalue weighted by atomic mass is 16.5. The third-order valence-electron chi connectivity index (χ3n) is 9.57. The first-order valence-electron chi connectivity index (χ1n) is 18.1. The van der Waals surface area contributed by atoms with Crippen LogP contribution in [0.25, 0.3) is 16.7 Å². The number of nitrogens with zero attached hydrogens (tertiary/aromatic N) is 4. The van der Waals surface area contributed by atoms with Gasteiger partial charge in [0.05, 0.1) is 17.6 Å². The molecular formula is C41H42N8O5. The van der Waals surface area contributed by atoms with Crippen molar-refractivity contribution in [2.75, 3.05) is 17.2 Å². The lowest BCUT2D eigenvalue weighted by atomic mass is 9.92. The van der Waals surface area contributed by atoms with Gasteiger partial charge >= 0.3 is 6.03 Å². The van der Waals surface area contributed by atoms with E-state index in [0.29, 0.717) is 43.1 Å². The molecular weight excluding hydrogens is 685 g/mol. The van der Waals surface area contributed by atoms with Crippen LogP contribution in [0.1, 0.15) is 86.5 Å². The highest BCUT2D eigenvalue weighted by molar-refractivity contribution is 6.05. The summed E-state index contributed by atoms with van der Waals surface area (Å²) >= 11 is 0. The van der Waals surface area contributed by atoms with Crippen molar-refractivity contribution in [2.24, 2.45) is 0 Å². The lowest BCUT2D eigenvalue weighted by molar-refractivity contribution is -0.136. The van der Waals surface area contributed by atoms with Gasteiger partial charge in [-0.2, -0.15) is 5.10 Å². The number of urea groups is 1. The van der Waals surface area contributed by atoms with E-state index in [0.717, 1.165) is 58.6 Å². The monoisotopic (exact) mass is 726 g/mol. The fraction of sp³-hybridized carbons (Fsp3) is 0.317. The van der Waals surface area contributed by atoms with E-state index in [1.54, 1.807) is 17.3 Å². The highest BCUT2D eigenvalue weighted by Gasteiger charge is 2.39. The summed E-state index contributed by atoms with van der Waals surface area (Å²) in [6.07, 6.45) is 5.78. The Morgan fingerprint density at radius 2 is 1.83 bits per heavy atom. The Morgan fingerprint density at radius 1 is 1.00 bits per heavy atom. The lowest BCUT2D eigenvalue weighted by Crippen LogP contribution is -2.52. The third kappa shape index (κ3) is 7.97. The van der Waals surface area contributed by atoms with Crippen LogP contribution in [0.3, 0.4) is 0 Å². The summed E-state index contributed by atoms with van der Waals surface area (Å²) in [4.78, 5) is 55.7. The zero-order valence-electron chi connectivity index (χ0n) is 30.5. The number of amides is 5. The van der Waals surface area contributed by atoms with Gasteiger partial charge in [0, 0.05) is 65.1 Å². The van der Waals surface area contributed by atoms with Gasteiger partial charge in [-0.15, -0.1) is 0 Å². The van der Waals surface area contributed by atoms with Gasteiger partial charge in [0.25, 0.3) is 5.91 Å². The molecule has 276 valence electrons. The summed E-state index contributed by atoms with van der Waals surface area (Å²) in [6.45, 7) is 7.09. The number of rotatable bonds is 10. The van der Waals surface area contributed by atoms with Crippen LogP contribution in [0, 0.1) is 11.8 Å². The van der Waals surface area contributed by atoms with Crippen LogP contribution in [0.2, 0.25) is 0 Å². The van der Waals surface area contributed by atoms with Crippen LogP contribution in [0.15, 0.2) is 73.1 Å². The average Bonchev–Trinajstić information content (AvgIpc) is 3.87. The van der Waals surface area contributed by atoms with E-state index >= 15 is 0 Å². The first kappa shape index (κ1) is 36.0. The molecule has 0 saturated carbocycles. The molecule has 7 rings (SSSR count). The number of aromatic amines is 1. The second kappa shape index (κ2) is 15.3. The number of aromatic nitrogens is 4. The fourth-order valence-electron chi connectivity index (χ4n) is 6.58. The van der Waals surface area contributed by atoms with Gasteiger partial charge in [0.2, 0.25) is 11.8 Å². The Bertz CT molecular complexity index is 2290. The highest BCUT2D eigenvalue weighted by Crippen LogP contribution is 2.30. The minimum Gasteiger partial charge on any atom is -0.494 e. The molecule has 5 aromatic rings. The molecule has 0 spiro atoms. The Kier molecular flexibility index (Phi) is 10.2. The van der Waals surface area contributed by atoms with Crippen LogP contribution in [0.4, 0.5) is 16.3 Å². The van der Waals surface area contributed by atoms with Gasteiger partial charge in [-0.3, -0.25) is 34.7 Å². The first-order valence-corrected chi connectivity index (χ1v) is 18.1. The minimum atomic E-state index is -0.642. The van der Waals surface area contributed by atoms with Crippen molar-refractivity contribution >= 4 is 46.3 Å². The van der Waals surface area contributed by atoms with E-state index in [-0.39, 0.29) is 29.7 Å². The number of imide groups is 1. The van der Waals surface area contributed by atoms with E-state index < -0.39 is 11.9 Å². The Hall–Kier alpha value is -6.42. The Labute approximate surface area is 312 Å². The number of hydrogen-bond donors (Lipinski definition) is 4. The van der Waals surface area contributed by atoms with Crippen molar-refractivity contribution in [1.29, 1.82) is 0 Å². The number of benzene rings is 3. The van der Waals surface area contributed by atoms with Gasteiger partial charge in [-0.1, -0.05) is 38.7 Å². The van der Waals surface area contributed by atoms with E-state index in [1.165, 1.54) is 0 Å². The summed E-state index contributed by atoms with van der Waals surface area (Å²) in [5.74, 6) is 6.77. The molecule has 4 heterocycles. The smallest absolute Gasteiger partial charge is 0.324 e. The SMILES string of the molecule is CC(C)(C)c1cc(NC(=O)Nc2ccc(-n3cnc4cc(OCCCCCC#Cc5cccc6c5CN(C5CCC(=O)NC5=O)C6=O)ccc43)cc2)n[nH]1. The predicted molar refractivity (Wildman–Crippen MR) is 204 cm³/mol. The molecule has 2 aliphatic rings. The quantitative estimate of drug-likeness (QED) is 0.0731.